The second-order valence-corrected chi connectivity index (χ2v) is 8.93. The van der Waals surface area contributed by atoms with Gasteiger partial charge in [0.2, 0.25) is 0 Å². The van der Waals surface area contributed by atoms with Crippen molar-refractivity contribution >= 4 is 5.97 Å². The number of carboxylic acids is 1. The maximum absolute atomic E-state index is 13.6. The van der Waals surface area contributed by atoms with Gasteiger partial charge in [0.1, 0.15) is 6.17 Å². The van der Waals surface area contributed by atoms with Crippen molar-refractivity contribution in [3.8, 4) is 11.5 Å². The number of rotatable bonds is 8. The number of carboxylic acid groups (broad SMARTS) is 1. The highest BCUT2D eigenvalue weighted by atomic mass is 19.1. The molecule has 2 saturated heterocycles. The summed E-state index contributed by atoms with van der Waals surface area (Å²) in [6, 6.07) is 5.02. The third-order valence-corrected chi connectivity index (χ3v) is 7.02. The molecular formula is C23H33FN2O5. The molecule has 172 valence electrons. The van der Waals surface area contributed by atoms with Crippen LogP contribution in [0.2, 0.25) is 0 Å². The number of fused-ring (bicyclic) bond motifs is 1. The minimum Gasteiger partial charge on any atom is -0.493 e. The maximum atomic E-state index is 13.6. The van der Waals surface area contributed by atoms with Crippen molar-refractivity contribution in [3.05, 3.63) is 23.8 Å². The summed E-state index contributed by atoms with van der Waals surface area (Å²) in [5.74, 6) is 1.07. The standard InChI is InChI=1S/C23H33FN2O5/c1-29-21-13-16(23(27)28)3-6-19(21)30-12-2-9-26-10-7-15(8-11-26)22-18-5-4-17(24)14-20(18)31-25-22/h3,6,13,15,17-18,20,22,25H,2,4-5,7-12,14H2,1H3,(H,27,28). The average Bonchev–Trinajstić information content (AvgIpc) is 3.20. The summed E-state index contributed by atoms with van der Waals surface area (Å²) in [4.78, 5) is 19.3. The van der Waals surface area contributed by atoms with Crippen LogP contribution >= 0.6 is 0 Å². The first-order chi connectivity index (χ1) is 15.0. The van der Waals surface area contributed by atoms with Gasteiger partial charge < -0.3 is 19.5 Å². The van der Waals surface area contributed by atoms with Crippen LogP contribution in [0.1, 0.15) is 48.9 Å². The van der Waals surface area contributed by atoms with Crippen LogP contribution in [0.15, 0.2) is 18.2 Å². The molecule has 3 fully saturated rings. The van der Waals surface area contributed by atoms with Gasteiger partial charge in [-0.1, -0.05) is 0 Å². The third-order valence-electron chi connectivity index (χ3n) is 7.02. The maximum Gasteiger partial charge on any atom is 0.335 e. The van der Waals surface area contributed by atoms with E-state index in [1.54, 1.807) is 6.07 Å². The van der Waals surface area contributed by atoms with Gasteiger partial charge in [0, 0.05) is 24.9 Å². The molecule has 0 radical (unpaired) electrons. The van der Waals surface area contributed by atoms with Crippen LogP contribution < -0.4 is 15.0 Å². The molecule has 1 aliphatic carbocycles. The van der Waals surface area contributed by atoms with Crippen molar-refractivity contribution in [1.82, 2.24) is 10.4 Å². The summed E-state index contributed by atoms with van der Waals surface area (Å²) in [5.41, 5.74) is 3.42. The topological polar surface area (TPSA) is 80.3 Å². The predicted octanol–water partition coefficient (Wildman–Crippen LogP) is 3.28. The number of halogens is 1. The van der Waals surface area contributed by atoms with Crippen molar-refractivity contribution < 1.29 is 28.6 Å². The number of likely N-dealkylation sites (tertiary alicyclic amines) is 1. The quantitative estimate of drug-likeness (QED) is 0.606. The van der Waals surface area contributed by atoms with Crippen molar-refractivity contribution in [3.63, 3.8) is 0 Å². The van der Waals surface area contributed by atoms with Crippen LogP contribution in [0.5, 0.6) is 11.5 Å². The van der Waals surface area contributed by atoms with Gasteiger partial charge in [-0.25, -0.2) is 9.18 Å². The Bertz CT molecular complexity index is 755. The normalized spacial score (nSPS) is 29.5. The number of benzene rings is 1. The minimum atomic E-state index is -0.988. The number of ether oxygens (including phenoxy) is 2. The van der Waals surface area contributed by atoms with Gasteiger partial charge in [-0.3, -0.25) is 4.84 Å². The van der Waals surface area contributed by atoms with Crippen LogP contribution in [0.3, 0.4) is 0 Å². The van der Waals surface area contributed by atoms with E-state index in [4.69, 9.17) is 19.4 Å². The lowest BCUT2D eigenvalue weighted by Crippen LogP contribution is -2.44. The Hall–Kier alpha value is -1.90. The molecule has 4 rings (SSSR count). The molecule has 0 spiro atoms. The van der Waals surface area contributed by atoms with E-state index >= 15 is 0 Å². The molecule has 31 heavy (non-hydrogen) atoms. The zero-order valence-electron chi connectivity index (χ0n) is 18.1. The van der Waals surface area contributed by atoms with Crippen LogP contribution in [0, 0.1) is 11.8 Å². The number of nitrogens with zero attached hydrogens (tertiary/aromatic N) is 1. The summed E-state index contributed by atoms with van der Waals surface area (Å²) in [7, 11) is 1.51. The first kappa shape index (κ1) is 22.3. The third kappa shape index (κ3) is 5.30. The smallest absolute Gasteiger partial charge is 0.335 e. The van der Waals surface area contributed by atoms with Crippen LogP contribution in [-0.2, 0) is 4.84 Å². The monoisotopic (exact) mass is 436 g/mol. The average molecular weight is 437 g/mol. The molecule has 1 aromatic carbocycles. The van der Waals surface area contributed by atoms with Crippen LogP contribution in [0.25, 0.3) is 0 Å². The van der Waals surface area contributed by atoms with E-state index in [0.29, 0.717) is 48.8 Å². The molecule has 0 aromatic heterocycles. The number of nitrogens with one attached hydrogen (secondary N) is 1. The molecule has 3 aliphatic rings. The predicted molar refractivity (Wildman–Crippen MR) is 113 cm³/mol. The van der Waals surface area contributed by atoms with Gasteiger partial charge in [-0.2, -0.15) is 5.48 Å². The van der Waals surface area contributed by atoms with E-state index in [2.05, 4.69) is 10.4 Å². The number of hydrogen-bond donors (Lipinski definition) is 2. The molecular weight excluding hydrogens is 403 g/mol. The SMILES string of the molecule is COc1cc(C(=O)O)ccc1OCCCN1CCC(C2NOC3CC(F)CCC32)CC1. The highest BCUT2D eigenvalue weighted by Gasteiger charge is 2.45. The number of alkyl halides is 1. The van der Waals surface area contributed by atoms with Gasteiger partial charge >= 0.3 is 5.97 Å². The molecule has 2 heterocycles. The van der Waals surface area contributed by atoms with Crippen LogP contribution in [0.4, 0.5) is 4.39 Å². The lowest BCUT2D eigenvalue weighted by molar-refractivity contribution is -0.0136. The fraction of sp³-hybridized carbons (Fsp3) is 0.696. The minimum absolute atomic E-state index is 0.0467. The summed E-state index contributed by atoms with van der Waals surface area (Å²) in [6.07, 6.45) is 4.64. The summed E-state index contributed by atoms with van der Waals surface area (Å²) < 4.78 is 24.7. The van der Waals surface area contributed by atoms with Gasteiger partial charge in [-0.05, 0) is 69.3 Å². The van der Waals surface area contributed by atoms with E-state index in [0.717, 1.165) is 45.3 Å². The Balaban J connectivity index is 1.17. The van der Waals surface area contributed by atoms with E-state index in [1.807, 2.05) is 0 Å². The lowest BCUT2D eigenvalue weighted by atomic mass is 9.75. The number of methoxy groups -OCH3 is 1. The number of aromatic carboxylic acids is 1. The molecule has 7 nitrogen and oxygen atoms in total. The van der Waals surface area contributed by atoms with Crippen LogP contribution in [-0.4, -0.2) is 67.6 Å². The van der Waals surface area contributed by atoms with E-state index in [1.165, 1.54) is 19.2 Å². The molecule has 1 saturated carbocycles. The van der Waals surface area contributed by atoms with Crippen molar-refractivity contribution in [2.24, 2.45) is 11.8 Å². The molecule has 0 bridgehead atoms. The fourth-order valence-electron chi connectivity index (χ4n) is 5.28. The largest absolute Gasteiger partial charge is 0.493 e. The van der Waals surface area contributed by atoms with Crippen molar-refractivity contribution in [1.29, 1.82) is 0 Å². The number of hydrogen-bond acceptors (Lipinski definition) is 6. The first-order valence-electron chi connectivity index (χ1n) is 11.4. The Kier molecular flexibility index (Phi) is 7.30. The zero-order valence-corrected chi connectivity index (χ0v) is 18.1. The fourth-order valence-corrected chi connectivity index (χ4v) is 5.28. The number of hydroxylamine groups is 1. The Morgan fingerprint density at radius 1 is 1.26 bits per heavy atom. The van der Waals surface area contributed by atoms with Gasteiger partial charge in [-0.15, -0.1) is 0 Å². The summed E-state index contributed by atoms with van der Waals surface area (Å²) in [6.45, 7) is 3.63. The highest BCUT2D eigenvalue weighted by molar-refractivity contribution is 5.88. The second-order valence-electron chi connectivity index (χ2n) is 8.93. The summed E-state index contributed by atoms with van der Waals surface area (Å²) >= 11 is 0. The Morgan fingerprint density at radius 2 is 2.06 bits per heavy atom. The molecule has 2 aliphatic heterocycles. The zero-order chi connectivity index (χ0) is 21.8. The second kappa shape index (κ2) is 10.1. The van der Waals surface area contributed by atoms with E-state index < -0.39 is 12.1 Å². The molecule has 2 N–H and O–H groups in total. The van der Waals surface area contributed by atoms with Crippen molar-refractivity contribution in [2.75, 3.05) is 33.4 Å². The number of piperidine rings is 1. The Labute approximate surface area is 182 Å². The molecule has 8 heteroatoms. The van der Waals surface area contributed by atoms with E-state index in [-0.39, 0.29) is 11.7 Å². The van der Waals surface area contributed by atoms with E-state index in [9.17, 15) is 9.18 Å². The van der Waals surface area contributed by atoms with Gasteiger partial charge in [0.05, 0.1) is 25.4 Å². The Morgan fingerprint density at radius 3 is 2.81 bits per heavy atom. The van der Waals surface area contributed by atoms with Gasteiger partial charge in [0.25, 0.3) is 0 Å². The van der Waals surface area contributed by atoms with Gasteiger partial charge in [0.15, 0.2) is 11.5 Å². The molecule has 0 amide bonds. The number of carbonyl (C=O) groups is 1. The first-order valence-corrected chi connectivity index (χ1v) is 11.4. The molecule has 4 unspecified atom stereocenters. The highest BCUT2D eigenvalue weighted by Crippen LogP contribution is 2.39. The lowest BCUT2D eigenvalue weighted by Gasteiger charge is -2.37. The summed E-state index contributed by atoms with van der Waals surface area (Å²) in [5, 5.41) is 9.08. The molecule has 1 aromatic rings. The molecule has 4 atom stereocenters. The van der Waals surface area contributed by atoms with Crippen molar-refractivity contribution in [2.45, 2.75) is 56.8 Å².